The number of para-hydroxylation sites is 1. The maximum absolute atomic E-state index is 12.9. The average molecular weight is 247 g/mol. The van der Waals surface area contributed by atoms with Crippen molar-refractivity contribution in [3.05, 3.63) is 29.8 Å². The largest absolute Gasteiger partial charge is 0.496 e. The molecule has 0 unspecified atom stereocenters. The quantitative estimate of drug-likeness (QED) is 0.766. The Morgan fingerprint density at radius 1 is 1.22 bits per heavy atom. The molecule has 1 aromatic rings. The third-order valence-electron chi connectivity index (χ3n) is 4.06. The second-order valence-corrected chi connectivity index (χ2v) is 5.16. The van der Waals surface area contributed by atoms with E-state index < -0.39 is 0 Å². The molecular weight excluding hydrogens is 226 g/mol. The summed E-state index contributed by atoms with van der Waals surface area (Å²) in [6.07, 6.45) is 4.13. The van der Waals surface area contributed by atoms with Gasteiger partial charge in [0.15, 0.2) is 5.78 Å². The number of nitrogens with zero attached hydrogens (tertiary/aromatic N) is 1. The van der Waals surface area contributed by atoms with Gasteiger partial charge in [0, 0.05) is 0 Å². The Kier molecular flexibility index (Phi) is 3.71. The van der Waals surface area contributed by atoms with E-state index in [-0.39, 0.29) is 11.3 Å². The minimum atomic E-state index is -0.339. The zero-order valence-corrected chi connectivity index (χ0v) is 11.4. The molecule has 3 heteroatoms. The fraction of sp³-hybridized carbons (Fsp3) is 0.533. The Balaban J connectivity index is 2.40. The van der Waals surface area contributed by atoms with Crippen LogP contribution in [0.4, 0.5) is 0 Å². The SMILES string of the molecule is COc1ccccc1C(=O)C1(N(C)C)CCCC1. The van der Waals surface area contributed by atoms with Gasteiger partial charge in [-0.2, -0.15) is 0 Å². The highest BCUT2D eigenvalue weighted by molar-refractivity contribution is 6.05. The maximum Gasteiger partial charge on any atom is 0.186 e. The Bertz CT molecular complexity index is 434. The molecule has 2 rings (SSSR count). The standard InChI is InChI=1S/C15H21NO2/c1-16(2)15(10-6-7-11-15)14(17)12-8-4-5-9-13(12)18-3/h4-5,8-9H,6-7,10-11H2,1-3H3. The van der Waals surface area contributed by atoms with Crippen LogP contribution in [0.2, 0.25) is 0 Å². The van der Waals surface area contributed by atoms with Crippen molar-refractivity contribution in [1.29, 1.82) is 0 Å². The van der Waals surface area contributed by atoms with Gasteiger partial charge >= 0.3 is 0 Å². The fourth-order valence-corrected chi connectivity index (χ4v) is 2.92. The smallest absolute Gasteiger partial charge is 0.186 e. The molecule has 1 saturated carbocycles. The monoisotopic (exact) mass is 247 g/mol. The molecule has 1 aliphatic rings. The summed E-state index contributed by atoms with van der Waals surface area (Å²) in [6, 6.07) is 7.51. The molecule has 0 heterocycles. The van der Waals surface area contributed by atoms with Gasteiger partial charge in [-0.25, -0.2) is 0 Å². The lowest BCUT2D eigenvalue weighted by Crippen LogP contribution is -2.48. The second-order valence-electron chi connectivity index (χ2n) is 5.16. The molecule has 3 nitrogen and oxygen atoms in total. The Morgan fingerprint density at radius 3 is 2.39 bits per heavy atom. The van der Waals surface area contributed by atoms with Crippen LogP contribution in [0.25, 0.3) is 0 Å². The molecule has 0 bridgehead atoms. The second kappa shape index (κ2) is 5.11. The van der Waals surface area contributed by atoms with Gasteiger partial charge in [-0.15, -0.1) is 0 Å². The molecule has 1 aliphatic carbocycles. The molecule has 0 aliphatic heterocycles. The molecule has 0 atom stereocenters. The Labute approximate surface area is 109 Å². The number of hydrogen-bond acceptors (Lipinski definition) is 3. The van der Waals surface area contributed by atoms with E-state index >= 15 is 0 Å². The van der Waals surface area contributed by atoms with Gasteiger partial charge in [-0.3, -0.25) is 9.69 Å². The van der Waals surface area contributed by atoms with Gasteiger partial charge in [-0.05, 0) is 39.1 Å². The van der Waals surface area contributed by atoms with Gasteiger partial charge < -0.3 is 4.74 Å². The van der Waals surface area contributed by atoms with Crippen LogP contribution in [-0.2, 0) is 0 Å². The number of ketones is 1. The molecule has 18 heavy (non-hydrogen) atoms. The molecule has 0 aromatic heterocycles. The number of ether oxygens (including phenoxy) is 1. The van der Waals surface area contributed by atoms with E-state index in [0.717, 1.165) is 25.7 Å². The molecule has 1 fully saturated rings. The lowest BCUT2D eigenvalue weighted by molar-refractivity contribution is 0.0690. The predicted octanol–water partition coefficient (Wildman–Crippen LogP) is 2.75. The van der Waals surface area contributed by atoms with Crippen molar-refractivity contribution in [3.63, 3.8) is 0 Å². The van der Waals surface area contributed by atoms with Crippen molar-refractivity contribution < 1.29 is 9.53 Å². The van der Waals surface area contributed by atoms with Crippen molar-refractivity contribution in [1.82, 2.24) is 4.90 Å². The summed E-state index contributed by atoms with van der Waals surface area (Å²) in [4.78, 5) is 14.9. The first-order valence-electron chi connectivity index (χ1n) is 6.47. The van der Waals surface area contributed by atoms with Crippen molar-refractivity contribution in [2.45, 2.75) is 31.2 Å². The van der Waals surface area contributed by atoms with Gasteiger partial charge in [0.1, 0.15) is 5.75 Å². The molecule has 0 amide bonds. The lowest BCUT2D eigenvalue weighted by atomic mass is 9.86. The van der Waals surface area contributed by atoms with E-state index in [2.05, 4.69) is 4.90 Å². The van der Waals surface area contributed by atoms with Crippen LogP contribution < -0.4 is 4.74 Å². The fourth-order valence-electron chi connectivity index (χ4n) is 2.92. The van der Waals surface area contributed by atoms with E-state index in [4.69, 9.17) is 4.74 Å². The van der Waals surface area contributed by atoms with Crippen LogP contribution in [0.3, 0.4) is 0 Å². The number of Topliss-reactive ketones (excluding diaryl/α,β-unsaturated/α-hetero) is 1. The number of rotatable bonds is 4. The predicted molar refractivity (Wildman–Crippen MR) is 72.2 cm³/mol. The average Bonchev–Trinajstić information content (AvgIpc) is 2.88. The number of benzene rings is 1. The molecule has 0 N–H and O–H groups in total. The van der Waals surface area contributed by atoms with E-state index in [0.29, 0.717) is 11.3 Å². The summed E-state index contributed by atoms with van der Waals surface area (Å²) >= 11 is 0. The highest BCUT2D eigenvalue weighted by Gasteiger charge is 2.44. The number of carbonyl (C=O) groups is 1. The zero-order valence-electron chi connectivity index (χ0n) is 11.4. The number of likely N-dealkylation sites (N-methyl/N-ethyl adjacent to an activating group) is 1. The van der Waals surface area contributed by atoms with Crippen molar-refractivity contribution in [2.75, 3.05) is 21.2 Å². The Morgan fingerprint density at radius 2 is 1.83 bits per heavy atom. The first-order valence-corrected chi connectivity index (χ1v) is 6.47. The lowest BCUT2D eigenvalue weighted by Gasteiger charge is -2.35. The van der Waals surface area contributed by atoms with Crippen molar-refractivity contribution >= 4 is 5.78 Å². The molecule has 0 spiro atoms. The first-order chi connectivity index (χ1) is 8.62. The summed E-state index contributed by atoms with van der Waals surface area (Å²) in [7, 11) is 5.61. The van der Waals surface area contributed by atoms with Gasteiger partial charge in [0.05, 0.1) is 18.2 Å². The summed E-state index contributed by atoms with van der Waals surface area (Å²) in [5.74, 6) is 0.873. The highest BCUT2D eigenvalue weighted by Crippen LogP contribution is 2.38. The summed E-state index contributed by atoms with van der Waals surface area (Å²) in [5.41, 5.74) is 0.366. The number of methoxy groups -OCH3 is 1. The minimum Gasteiger partial charge on any atom is -0.496 e. The van der Waals surface area contributed by atoms with Crippen LogP contribution in [0.1, 0.15) is 36.0 Å². The maximum atomic E-state index is 12.9. The summed E-state index contributed by atoms with van der Waals surface area (Å²) in [6.45, 7) is 0. The normalized spacial score (nSPS) is 18.0. The summed E-state index contributed by atoms with van der Waals surface area (Å²) < 4.78 is 5.31. The van der Waals surface area contributed by atoms with E-state index in [1.165, 1.54) is 0 Å². The van der Waals surface area contributed by atoms with Crippen LogP contribution in [-0.4, -0.2) is 37.4 Å². The van der Waals surface area contributed by atoms with Gasteiger partial charge in [0.25, 0.3) is 0 Å². The summed E-state index contributed by atoms with van der Waals surface area (Å²) in [5, 5.41) is 0. The molecular formula is C15H21NO2. The third kappa shape index (κ3) is 2.03. The molecule has 1 aromatic carbocycles. The molecule has 0 radical (unpaired) electrons. The van der Waals surface area contributed by atoms with Crippen LogP contribution in [0.15, 0.2) is 24.3 Å². The topological polar surface area (TPSA) is 29.5 Å². The molecule has 0 saturated heterocycles. The van der Waals surface area contributed by atoms with E-state index in [1.807, 2.05) is 38.4 Å². The number of carbonyl (C=O) groups excluding carboxylic acids is 1. The number of hydrogen-bond donors (Lipinski definition) is 0. The van der Waals surface area contributed by atoms with Gasteiger partial charge in [-0.1, -0.05) is 25.0 Å². The minimum absolute atomic E-state index is 0.197. The zero-order chi connectivity index (χ0) is 13.2. The van der Waals surface area contributed by atoms with Crippen molar-refractivity contribution in [2.24, 2.45) is 0 Å². The first kappa shape index (κ1) is 13.1. The van der Waals surface area contributed by atoms with Crippen molar-refractivity contribution in [3.8, 4) is 5.75 Å². The van der Waals surface area contributed by atoms with E-state index in [9.17, 15) is 4.79 Å². The van der Waals surface area contributed by atoms with Crippen LogP contribution in [0, 0.1) is 0 Å². The van der Waals surface area contributed by atoms with Gasteiger partial charge in [0.2, 0.25) is 0 Å². The van der Waals surface area contributed by atoms with E-state index in [1.54, 1.807) is 7.11 Å². The Hall–Kier alpha value is -1.35. The molecule has 98 valence electrons. The van der Waals surface area contributed by atoms with Crippen LogP contribution in [0.5, 0.6) is 5.75 Å². The highest BCUT2D eigenvalue weighted by atomic mass is 16.5. The van der Waals surface area contributed by atoms with Crippen LogP contribution >= 0.6 is 0 Å². The third-order valence-corrected chi connectivity index (χ3v) is 4.06.